The monoisotopic (exact) mass is 688 g/mol. The van der Waals surface area contributed by atoms with E-state index in [-0.39, 0.29) is 26.9 Å². The average molecular weight is 688 g/mol. The third-order valence-corrected chi connectivity index (χ3v) is 6.16. The maximum atomic E-state index is 12.4. The van der Waals surface area contributed by atoms with E-state index in [1.165, 1.54) is 0 Å². The third kappa shape index (κ3) is 5.44. The summed E-state index contributed by atoms with van der Waals surface area (Å²) in [4.78, 5) is 46.0. The molecule has 1 unspecified atom stereocenters. The first-order valence-electron chi connectivity index (χ1n) is 6.42. The summed E-state index contributed by atoms with van der Waals surface area (Å²) in [5.41, 5.74) is 0.202. The van der Waals surface area contributed by atoms with Crippen LogP contribution in [0.3, 0.4) is 0 Å². The molecule has 0 aliphatic rings. The largest absolute Gasteiger partial charge is 0.474 e. The zero-order chi connectivity index (χ0) is 19.3. The number of aliphatic hydroxyl groups is 2. The van der Waals surface area contributed by atoms with Crippen LogP contribution in [0.4, 0.5) is 5.69 Å². The second-order valence-electron chi connectivity index (χ2n) is 4.53. The second kappa shape index (κ2) is 9.93. The lowest BCUT2D eigenvalue weighted by Crippen LogP contribution is -2.35. The molecule has 136 valence electrons. The van der Waals surface area contributed by atoms with Crippen molar-refractivity contribution in [3.05, 3.63) is 21.8 Å². The molecular weight excluding hydrogens is 677 g/mol. The van der Waals surface area contributed by atoms with E-state index in [2.05, 4.69) is 10.6 Å². The summed E-state index contributed by atoms with van der Waals surface area (Å²) in [6, 6.07) is 0. The maximum Gasteiger partial charge on any atom is 0.394 e. The molecule has 12 heteroatoms. The first-order valence-corrected chi connectivity index (χ1v) is 9.66. The van der Waals surface area contributed by atoms with Crippen LogP contribution in [0.25, 0.3) is 0 Å². The Labute approximate surface area is 182 Å². The van der Waals surface area contributed by atoms with Crippen LogP contribution in [0.2, 0.25) is 0 Å². The van der Waals surface area contributed by atoms with Gasteiger partial charge in [0.05, 0.1) is 27.5 Å². The van der Waals surface area contributed by atoms with E-state index in [0.717, 1.165) is 0 Å². The lowest BCUT2D eigenvalue weighted by molar-refractivity contribution is -0.147. The molecule has 5 N–H and O–H groups in total. The van der Waals surface area contributed by atoms with Crippen molar-refractivity contribution in [2.45, 2.75) is 6.10 Å². The number of carboxylic acids is 1. The summed E-state index contributed by atoms with van der Waals surface area (Å²) in [7, 11) is 0. The van der Waals surface area contributed by atoms with Crippen LogP contribution in [-0.4, -0.2) is 58.6 Å². The number of carbonyl (C=O) groups excluding carboxylic acids is 3. The standard InChI is InChI=1S/C13H11I3N2O7/c14-7-5(3-20)8(15)10(18-12(23)13(24)25)9(16)6(7)11(22)17-1-4(21)2-19/h3-4,19,21H,1-2H2,(H,17,22)(H,18,23)(H,24,25). The van der Waals surface area contributed by atoms with Gasteiger partial charge in [-0.15, -0.1) is 0 Å². The van der Waals surface area contributed by atoms with Crippen molar-refractivity contribution in [2.75, 3.05) is 18.5 Å². The SMILES string of the molecule is O=Cc1c(I)c(NC(=O)C(=O)O)c(I)c(C(=O)NCC(O)CO)c1I. The van der Waals surface area contributed by atoms with E-state index in [4.69, 9.17) is 10.2 Å². The lowest BCUT2D eigenvalue weighted by Gasteiger charge is -2.17. The second-order valence-corrected chi connectivity index (χ2v) is 7.77. The minimum absolute atomic E-state index is 0.0315. The highest BCUT2D eigenvalue weighted by Gasteiger charge is 2.26. The number of halogens is 3. The molecule has 0 saturated heterocycles. The van der Waals surface area contributed by atoms with E-state index in [0.29, 0.717) is 13.4 Å². The molecule has 0 spiro atoms. The van der Waals surface area contributed by atoms with Gasteiger partial charge in [0.25, 0.3) is 5.91 Å². The van der Waals surface area contributed by atoms with Crippen LogP contribution in [0.5, 0.6) is 0 Å². The number of aliphatic carboxylic acids is 1. The molecular formula is C13H11I3N2O7. The van der Waals surface area contributed by atoms with Crippen LogP contribution in [0.1, 0.15) is 20.7 Å². The summed E-state index contributed by atoms with van der Waals surface area (Å²) in [5, 5.41) is 31.4. The normalized spacial score (nSPS) is 11.6. The quantitative estimate of drug-likeness (QED) is 0.165. The molecule has 1 aromatic carbocycles. The predicted octanol–water partition coefficient (Wildman–Crippen LogP) is 0.419. The van der Waals surface area contributed by atoms with E-state index >= 15 is 0 Å². The molecule has 0 heterocycles. The summed E-state index contributed by atoms with van der Waals surface area (Å²) in [6.07, 6.45) is -0.657. The lowest BCUT2D eigenvalue weighted by atomic mass is 10.1. The Morgan fingerprint density at radius 2 is 1.72 bits per heavy atom. The number of carboxylic acid groups (broad SMARTS) is 1. The Bertz CT molecular complexity index is 739. The minimum atomic E-state index is -1.71. The van der Waals surface area contributed by atoms with Gasteiger partial charge >= 0.3 is 11.9 Å². The maximum absolute atomic E-state index is 12.4. The molecule has 1 aromatic rings. The number of aliphatic hydroxyl groups excluding tert-OH is 2. The average Bonchev–Trinajstić information content (AvgIpc) is 2.56. The van der Waals surface area contributed by atoms with Crippen LogP contribution >= 0.6 is 67.8 Å². The smallest absolute Gasteiger partial charge is 0.394 e. The third-order valence-electron chi connectivity index (χ3n) is 2.84. The van der Waals surface area contributed by atoms with Gasteiger partial charge in [-0.2, -0.15) is 0 Å². The van der Waals surface area contributed by atoms with Crippen LogP contribution in [-0.2, 0) is 9.59 Å². The molecule has 0 bridgehead atoms. The number of rotatable bonds is 6. The van der Waals surface area contributed by atoms with Crippen molar-refractivity contribution in [1.29, 1.82) is 0 Å². The molecule has 2 amide bonds. The number of hydrogen-bond acceptors (Lipinski definition) is 6. The van der Waals surface area contributed by atoms with Crippen LogP contribution < -0.4 is 10.6 Å². The van der Waals surface area contributed by atoms with Gasteiger partial charge in [0, 0.05) is 19.2 Å². The molecule has 0 aromatic heterocycles. The first kappa shape index (κ1) is 22.5. The Balaban J connectivity index is 3.42. The molecule has 0 aliphatic carbocycles. The summed E-state index contributed by atoms with van der Waals surface area (Å²) >= 11 is 5.33. The summed E-state index contributed by atoms with van der Waals surface area (Å²) < 4.78 is 0.844. The number of carbonyl (C=O) groups is 4. The van der Waals surface area contributed by atoms with Crippen molar-refractivity contribution < 1.29 is 34.5 Å². The zero-order valence-corrected chi connectivity index (χ0v) is 18.6. The minimum Gasteiger partial charge on any atom is -0.474 e. The van der Waals surface area contributed by atoms with E-state index in [1.54, 1.807) is 67.8 Å². The van der Waals surface area contributed by atoms with Gasteiger partial charge < -0.3 is 26.0 Å². The topological polar surface area (TPSA) is 153 Å². The van der Waals surface area contributed by atoms with Crippen molar-refractivity contribution in [2.24, 2.45) is 0 Å². The molecule has 9 nitrogen and oxygen atoms in total. The molecule has 0 saturated carbocycles. The first-order chi connectivity index (χ1) is 11.6. The molecule has 0 aliphatic heterocycles. The van der Waals surface area contributed by atoms with Crippen molar-refractivity contribution in [1.82, 2.24) is 5.32 Å². The fraction of sp³-hybridized carbons (Fsp3) is 0.231. The fourth-order valence-electron chi connectivity index (χ4n) is 1.63. The van der Waals surface area contributed by atoms with Crippen molar-refractivity contribution >= 4 is 97.5 Å². The Morgan fingerprint density at radius 1 is 1.12 bits per heavy atom. The highest BCUT2D eigenvalue weighted by atomic mass is 127. The highest BCUT2D eigenvalue weighted by Crippen LogP contribution is 2.34. The number of amides is 2. The van der Waals surface area contributed by atoms with Gasteiger partial charge in [0.2, 0.25) is 0 Å². The predicted molar refractivity (Wildman–Crippen MR) is 112 cm³/mol. The molecule has 1 rings (SSSR count). The summed E-state index contributed by atoms with van der Waals surface area (Å²) in [5.74, 6) is -3.67. The van der Waals surface area contributed by atoms with E-state index < -0.39 is 30.5 Å². The number of anilines is 1. The number of aldehydes is 1. The van der Waals surface area contributed by atoms with Crippen LogP contribution in [0, 0.1) is 10.7 Å². The van der Waals surface area contributed by atoms with Gasteiger partial charge in [0.15, 0.2) is 6.29 Å². The Kier molecular flexibility index (Phi) is 8.92. The highest BCUT2D eigenvalue weighted by molar-refractivity contribution is 14.1. The van der Waals surface area contributed by atoms with E-state index in [9.17, 15) is 24.3 Å². The van der Waals surface area contributed by atoms with Crippen LogP contribution in [0.15, 0.2) is 0 Å². The molecule has 0 fully saturated rings. The number of hydrogen-bond donors (Lipinski definition) is 5. The van der Waals surface area contributed by atoms with Gasteiger partial charge in [-0.3, -0.25) is 14.4 Å². The Hall–Kier alpha value is -0.590. The van der Waals surface area contributed by atoms with Gasteiger partial charge in [-0.1, -0.05) is 0 Å². The van der Waals surface area contributed by atoms with Crippen molar-refractivity contribution in [3.8, 4) is 0 Å². The Morgan fingerprint density at radius 3 is 2.20 bits per heavy atom. The summed E-state index contributed by atoms with van der Waals surface area (Å²) in [6.45, 7) is -0.763. The fourth-order valence-corrected chi connectivity index (χ4v) is 5.81. The molecule has 0 radical (unpaired) electrons. The van der Waals surface area contributed by atoms with Gasteiger partial charge in [-0.05, 0) is 67.8 Å². The number of benzene rings is 1. The molecule has 25 heavy (non-hydrogen) atoms. The van der Waals surface area contributed by atoms with E-state index in [1.807, 2.05) is 0 Å². The van der Waals surface area contributed by atoms with Crippen molar-refractivity contribution in [3.63, 3.8) is 0 Å². The molecule has 1 atom stereocenters. The number of nitrogens with one attached hydrogen (secondary N) is 2. The van der Waals surface area contributed by atoms with Gasteiger partial charge in [0.1, 0.15) is 0 Å². The zero-order valence-electron chi connectivity index (χ0n) is 12.2. The van der Waals surface area contributed by atoms with Gasteiger partial charge in [-0.25, -0.2) is 4.79 Å².